The number of nitrogens with zero attached hydrogens (tertiary/aromatic N) is 4. The zero-order chi connectivity index (χ0) is 19.1. The molecule has 0 radical (unpaired) electrons. The Balaban J connectivity index is 2.03. The Morgan fingerprint density at radius 1 is 1.27 bits per heavy atom. The van der Waals surface area contributed by atoms with Crippen LogP contribution in [0.3, 0.4) is 0 Å². The van der Waals surface area contributed by atoms with Crippen molar-refractivity contribution in [1.82, 2.24) is 20.0 Å². The van der Waals surface area contributed by atoms with Gasteiger partial charge in [0.25, 0.3) is 0 Å². The van der Waals surface area contributed by atoms with Crippen LogP contribution >= 0.6 is 0 Å². The van der Waals surface area contributed by atoms with Crippen molar-refractivity contribution in [1.29, 1.82) is 0 Å². The fraction of sp³-hybridized carbons (Fsp3) is 0.500. The molecule has 1 N–H and O–H groups in total. The normalized spacial score (nSPS) is 11.7. The van der Waals surface area contributed by atoms with Crippen molar-refractivity contribution in [2.45, 2.75) is 40.4 Å². The largest absolute Gasteiger partial charge is 0.383 e. The van der Waals surface area contributed by atoms with Gasteiger partial charge < -0.3 is 15.0 Å². The Hall–Kier alpha value is -2.34. The molecule has 1 heterocycles. The molecule has 1 aromatic heterocycles. The average molecular weight is 358 g/mol. The first-order valence-electron chi connectivity index (χ1n) is 8.96. The first kappa shape index (κ1) is 20.0. The number of aromatic nitrogens is 2. The highest BCUT2D eigenvalue weighted by molar-refractivity contribution is 5.79. The summed E-state index contributed by atoms with van der Waals surface area (Å²) in [5.74, 6) is 0.872. The third-order valence-corrected chi connectivity index (χ3v) is 4.70. The molecule has 0 amide bonds. The molecule has 0 aliphatic carbocycles. The van der Waals surface area contributed by atoms with Crippen LogP contribution in [-0.4, -0.2) is 48.5 Å². The van der Waals surface area contributed by atoms with E-state index in [4.69, 9.17) is 4.74 Å². The highest BCUT2D eigenvalue weighted by atomic mass is 16.5. The van der Waals surface area contributed by atoms with E-state index in [-0.39, 0.29) is 0 Å². The van der Waals surface area contributed by atoms with Crippen LogP contribution in [0.5, 0.6) is 0 Å². The number of benzene rings is 1. The number of hydrogen-bond donors (Lipinski definition) is 1. The summed E-state index contributed by atoms with van der Waals surface area (Å²) >= 11 is 0. The average Bonchev–Trinajstić information content (AvgIpc) is 2.89. The molecule has 0 saturated carbocycles. The quantitative estimate of drug-likeness (QED) is 0.611. The van der Waals surface area contributed by atoms with Gasteiger partial charge in [0.15, 0.2) is 5.96 Å². The second kappa shape index (κ2) is 9.38. The lowest BCUT2D eigenvalue weighted by Crippen LogP contribution is -2.38. The molecule has 2 rings (SSSR count). The van der Waals surface area contributed by atoms with Gasteiger partial charge in [-0.3, -0.25) is 9.67 Å². The predicted octanol–water partition coefficient (Wildman–Crippen LogP) is 2.66. The molecule has 2 aromatic rings. The van der Waals surface area contributed by atoms with Crippen LogP contribution in [0.1, 0.15) is 28.1 Å². The number of methoxy groups -OCH3 is 1. The molecular weight excluding hydrogens is 326 g/mol. The Labute approximate surface area is 156 Å². The van der Waals surface area contributed by atoms with Gasteiger partial charge in [-0.25, -0.2) is 0 Å². The van der Waals surface area contributed by atoms with Crippen molar-refractivity contribution in [3.8, 4) is 0 Å². The van der Waals surface area contributed by atoms with E-state index < -0.39 is 0 Å². The van der Waals surface area contributed by atoms with Gasteiger partial charge in [0.1, 0.15) is 0 Å². The van der Waals surface area contributed by atoms with E-state index in [1.165, 1.54) is 22.4 Å². The highest BCUT2D eigenvalue weighted by Gasteiger charge is 2.13. The molecular formula is C20H31N5O. The van der Waals surface area contributed by atoms with Gasteiger partial charge in [-0.1, -0.05) is 24.3 Å². The number of rotatable bonds is 7. The van der Waals surface area contributed by atoms with E-state index in [1.54, 1.807) is 7.11 Å². The molecule has 0 fully saturated rings. The topological polar surface area (TPSA) is 54.7 Å². The first-order chi connectivity index (χ1) is 12.5. The SMILES string of the molecule is CN=C(NCc1c(C)nn(CCOC)c1C)N(C)Cc1ccccc1C. The second-order valence-electron chi connectivity index (χ2n) is 6.55. The Bertz CT molecular complexity index is 751. The molecule has 0 atom stereocenters. The smallest absolute Gasteiger partial charge is 0.193 e. The summed E-state index contributed by atoms with van der Waals surface area (Å²) in [5, 5.41) is 8.09. The van der Waals surface area contributed by atoms with Crippen LogP contribution in [0.4, 0.5) is 0 Å². The Kier molecular flexibility index (Phi) is 7.21. The molecule has 0 aliphatic rings. The minimum Gasteiger partial charge on any atom is -0.383 e. The van der Waals surface area contributed by atoms with E-state index in [9.17, 15) is 0 Å². The molecule has 0 bridgehead atoms. The van der Waals surface area contributed by atoms with Gasteiger partial charge >= 0.3 is 0 Å². The van der Waals surface area contributed by atoms with Gasteiger partial charge in [0.2, 0.25) is 0 Å². The lowest BCUT2D eigenvalue weighted by molar-refractivity contribution is 0.182. The number of aryl methyl sites for hydroxylation is 2. The second-order valence-corrected chi connectivity index (χ2v) is 6.55. The lowest BCUT2D eigenvalue weighted by atomic mass is 10.1. The lowest BCUT2D eigenvalue weighted by Gasteiger charge is -2.23. The summed E-state index contributed by atoms with van der Waals surface area (Å²) in [6.45, 7) is 9.24. The summed E-state index contributed by atoms with van der Waals surface area (Å²) in [6.07, 6.45) is 0. The molecule has 26 heavy (non-hydrogen) atoms. The molecule has 0 aliphatic heterocycles. The van der Waals surface area contributed by atoms with Crippen LogP contribution in [-0.2, 0) is 24.4 Å². The molecule has 6 heteroatoms. The summed E-state index contributed by atoms with van der Waals surface area (Å²) in [5.41, 5.74) is 6.03. The van der Waals surface area contributed by atoms with Gasteiger partial charge in [-0.2, -0.15) is 5.10 Å². The third kappa shape index (κ3) is 4.85. The van der Waals surface area contributed by atoms with Crippen LogP contribution in [0.2, 0.25) is 0 Å². The van der Waals surface area contributed by atoms with E-state index in [1.807, 2.05) is 18.7 Å². The Morgan fingerprint density at radius 2 is 2.00 bits per heavy atom. The standard InChI is InChI=1S/C20H31N5O/c1-15-9-7-8-10-18(15)14-24(5)20(21-4)22-13-19-16(2)23-25(17(19)3)11-12-26-6/h7-10H,11-14H2,1-6H3,(H,21,22). The third-order valence-electron chi connectivity index (χ3n) is 4.70. The summed E-state index contributed by atoms with van der Waals surface area (Å²) in [4.78, 5) is 6.57. The van der Waals surface area contributed by atoms with Crippen molar-refractivity contribution in [2.24, 2.45) is 4.99 Å². The monoisotopic (exact) mass is 357 g/mol. The van der Waals surface area contributed by atoms with E-state index >= 15 is 0 Å². The van der Waals surface area contributed by atoms with Crippen molar-refractivity contribution >= 4 is 5.96 Å². The van der Waals surface area contributed by atoms with Gasteiger partial charge in [0, 0.05) is 45.6 Å². The molecule has 6 nitrogen and oxygen atoms in total. The van der Waals surface area contributed by atoms with Crippen molar-refractivity contribution < 1.29 is 4.74 Å². The highest BCUT2D eigenvalue weighted by Crippen LogP contribution is 2.13. The number of guanidine groups is 1. The minimum atomic E-state index is 0.662. The number of hydrogen-bond acceptors (Lipinski definition) is 3. The van der Waals surface area contributed by atoms with Crippen LogP contribution in [0, 0.1) is 20.8 Å². The van der Waals surface area contributed by atoms with Crippen LogP contribution in [0.25, 0.3) is 0 Å². The predicted molar refractivity (Wildman–Crippen MR) is 106 cm³/mol. The fourth-order valence-electron chi connectivity index (χ4n) is 3.06. The number of ether oxygens (including phenoxy) is 1. The molecule has 142 valence electrons. The van der Waals surface area contributed by atoms with Crippen molar-refractivity contribution in [3.63, 3.8) is 0 Å². The zero-order valence-electron chi connectivity index (χ0n) is 16.8. The maximum absolute atomic E-state index is 5.16. The van der Waals surface area contributed by atoms with E-state index in [0.717, 1.165) is 24.7 Å². The minimum absolute atomic E-state index is 0.662. The zero-order valence-corrected chi connectivity index (χ0v) is 16.8. The van der Waals surface area contributed by atoms with Gasteiger partial charge in [-0.05, 0) is 31.9 Å². The van der Waals surface area contributed by atoms with Crippen molar-refractivity contribution in [2.75, 3.05) is 27.8 Å². The molecule has 0 unspecified atom stereocenters. The van der Waals surface area contributed by atoms with E-state index in [2.05, 4.69) is 65.5 Å². The van der Waals surface area contributed by atoms with Gasteiger partial charge in [-0.15, -0.1) is 0 Å². The maximum Gasteiger partial charge on any atom is 0.193 e. The van der Waals surface area contributed by atoms with Crippen LogP contribution in [0.15, 0.2) is 29.3 Å². The van der Waals surface area contributed by atoms with Gasteiger partial charge in [0.05, 0.1) is 18.8 Å². The van der Waals surface area contributed by atoms with Crippen LogP contribution < -0.4 is 5.32 Å². The fourth-order valence-corrected chi connectivity index (χ4v) is 3.06. The molecule has 0 spiro atoms. The summed E-state index contributed by atoms with van der Waals surface area (Å²) in [6, 6.07) is 8.44. The summed E-state index contributed by atoms with van der Waals surface area (Å²) < 4.78 is 7.17. The Morgan fingerprint density at radius 3 is 2.65 bits per heavy atom. The maximum atomic E-state index is 5.16. The summed E-state index contributed by atoms with van der Waals surface area (Å²) in [7, 11) is 5.59. The molecule has 1 aromatic carbocycles. The number of nitrogens with one attached hydrogen (secondary N) is 1. The number of aliphatic imine (C=N–C) groups is 1. The first-order valence-corrected chi connectivity index (χ1v) is 8.96. The van der Waals surface area contributed by atoms with Crippen molar-refractivity contribution in [3.05, 3.63) is 52.3 Å². The van der Waals surface area contributed by atoms with E-state index in [0.29, 0.717) is 13.2 Å². The molecule has 0 saturated heterocycles.